The van der Waals surface area contributed by atoms with Crippen LogP contribution in [0.3, 0.4) is 0 Å². The second-order valence-corrected chi connectivity index (χ2v) is 19.0. The number of rotatable bonds is 36. The van der Waals surface area contributed by atoms with E-state index >= 15 is 0 Å². The van der Waals surface area contributed by atoms with Crippen molar-refractivity contribution >= 4 is 31.9 Å². The van der Waals surface area contributed by atoms with Gasteiger partial charge in [0.05, 0.1) is 84.7 Å². The zero-order chi connectivity index (χ0) is 52.5. The van der Waals surface area contributed by atoms with Crippen LogP contribution in [0.15, 0.2) is 130 Å². The van der Waals surface area contributed by atoms with Crippen LogP contribution >= 0.6 is 31.9 Å². The highest BCUT2D eigenvalue weighted by Gasteiger charge is 2.46. The third kappa shape index (κ3) is 16.9. The largest absolute Gasteiger partial charge is 0.491 e. The predicted molar refractivity (Wildman–Crippen MR) is 293 cm³/mol. The summed E-state index contributed by atoms with van der Waals surface area (Å²) in [5.41, 5.74) is 7.84. The van der Waals surface area contributed by atoms with Crippen molar-refractivity contribution in [3.63, 3.8) is 0 Å². The average Bonchev–Trinajstić information content (AvgIpc) is 3.75. The zero-order valence-electron chi connectivity index (χ0n) is 43.2. The van der Waals surface area contributed by atoms with Crippen molar-refractivity contribution < 1.29 is 66.3 Å². The minimum atomic E-state index is -0.702. The number of ether oxygens (including phenoxy) is 14. The molecule has 0 atom stereocenters. The van der Waals surface area contributed by atoms with Crippen molar-refractivity contribution in [3.05, 3.63) is 164 Å². The number of methoxy groups -OCH3 is 4. The quantitative estimate of drug-likeness (QED) is 0.0346. The number of hydrogen-bond acceptors (Lipinski definition) is 14. The van der Waals surface area contributed by atoms with Crippen molar-refractivity contribution in [1.82, 2.24) is 0 Å². The van der Waals surface area contributed by atoms with Crippen LogP contribution in [0.5, 0.6) is 34.5 Å². The summed E-state index contributed by atoms with van der Waals surface area (Å²) >= 11 is 7.65. The van der Waals surface area contributed by atoms with Gasteiger partial charge in [-0.3, -0.25) is 0 Å². The molecular formula is C59H68Br2O14. The fraction of sp³-hybridized carbons (Fsp3) is 0.390. The summed E-state index contributed by atoms with van der Waals surface area (Å²) in [7, 11) is 6.59. The first-order valence-electron chi connectivity index (χ1n) is 25.0. The maximum atomic E-state index is 6.49. The van der Waals surface area contributed by atoms with E-state index in [0.717, 1.165) is 53.5 Å². The fourth-order valence-corrected chi connectivity index (χ4v) is 9.33. The molecule has 6 aromatic carbocycles. The molecule has 0 aliphatic heterocycles. The number of fused-ring (bicyclic) bond motifs is 3. The van der Waals surface area contributed by atoms with E-state index in [2.05, 4.69) is 92.5 Å². The first-order chi connectivity index (χ1) is 36.8. The summed E-state index contributed by atoms with van der Waals surface area (Å²) < 4.78 is 82.1. The summed E-state index contributed by atoms with van der Waals surface area (Å²) in [6.07, 6.45) is 0. The molecule has 16 heteroatoms. The average molecular weight is 1160 g/mol. The van der Waals surface area contributed by atoms with Crippen LogP contribution in [0, 0.1) is 0 Å². The second kappa shape index (κ2) is 31.1. The Hall–Kier alpha value is -5.24. The first kappa shape index (κ1) is 57.5. The molecule has 75 heavy (non-hydrogen) atoms. The van der Waals surface area contributed by atoms with E-state index in [4.69, 9.17) is 66.3 Å². The summed E-state index contributed by atoms with van der Waals surface area (Å²) in [5, 5.41) is 0. The van der Waals surface area contributed by atoms with Gasteiger partial charge in [-0.1, -0.05) is 68.3 Å². The lowest BCUT2D eigenvalue weighted by Crippen LogP contribution is -2.28. The van der Waals surface area contributed by atoms with E-state index in [1.54, 1.807) is 28.4 Å². The van der Waals surface area contributed by atoms with E-state index in [9.17, 15) is 0 Å². The highest BCUT2D eigenvalue weighted by Crippen LogP contribution is 2.57. The van der Waals surface area contributed by atoms with E-state index in [0.29, 0.717) is 140 Å². The molecule has 6 aromatic rings. The number of hydrogen-bond donors (Lipinski definition) is 0. The lowest BCUT2D eigenvalue weighted by Gasteiger charge is -2.34. The standard InChI is InChI=1S/C59H68Br2O14/c1-62-17-21-66-25-29-70-51-33-43(34-52(39-51)71-30-26-67-22-18-63-2)41-74-49-11-5-45(6-12-49)59(57-37-47(60)9-15-55(57)56-16-10-48(61)38-58(56)59)46-7-13-50(14-8-46)75-42-44-35-53(72-31-27-68-23-19-64-3)40-54(36-44)73-32-28-69-24-20-65-4/h5-16,33-40H,17-32,41-42H2,1-4H3. The molecule has 0 bridgehead atoms. The van der Waals surface area contributed by atoms with E-state index in [-0.39, 0.29) is 13.2 Å². The molecule has 402 valence electrons. The molecular weight excluding hydrogens is 1090 g/mol. The van der Waals surface area contributed by atoms with Gasteiger partial charge in [0, 0.05) is 49.5 Å². The second-order valence-electron chi connectivity index (χ2n) is 17.2. The molecule has 0 N–H and O–H groups in total. The summed E-state index contributed by atoms with van der Waals surface area (Å²) in [6, 6.07) is 41.4. The fourth-order valence-electron chi connectivity index (χ4n) is 8.60. The third-order valence-electron chi connectivity index (χ3n) is 12.0. The van der Waals surface area contributed by atoms with E-state index < -0.39 is 5.41 Å². The molecule has 0 amide bonds. The zero-order valence-corrected chi connectivity index (χ0v) is 46.4. The Labute approximate surface area is 457 Å². The van der Waals surface area contributed by atoms with Crippen LogP contribution in [-0.2, 0) is 56.5 Å². The highest BCUT2D eigenvalue weighted by molar-refractivity contribution is 9.10. The monoisotopic (exact) mass is 1160 g/mol. The molecule has 1 aliphatic rings. The summed E-state index contributed by atoms with van der Waals surface area (Å²) in [4.78, 5) is 0. The van der Waals surface area contributed by atoms with Crippen LogP contribution in [0.2, 0.25) is 0 Å². The van der Waals surface area contributed by atoms with Crippen molar-refractivity contribution in [1.29, 1.82) is 0 Å². The Bertz CT molecular complexity index is 2380. The van der Waals surface area contributed by atoms with Gasteiger partial charge >= 0.3 is 0 Å². The van der Waals surface area contributed by atoms with Gasteiger partial charge in [-0.25, -0.2) is 0 Å². The van der Waals surface area contributed by atoms with Crippen molar-refractivity contribution in [2.45, 2.75) is 18.6 Å². The Morgan fingerprint density at radius 3 is 0.920 bits per heavy atom. The lowest BCUT2D eigenvalue weighted by molar-refractivity contribution is 0.0532. The lowest BCUT2D eigenvalue weighted by atomic mass is 9.67. The van der Waals surface area contributed by atoms with Gasteiger partial charge in [-0.2, -0.15) is 0 Å². The van der Waals surface area contributed by atoms with Gasteiger partial charge in [0.1, 0.15) is 74.1 Å². The minimum Gasteiger partial charge on any atom is -0.491 e. The summed E-state index contributed by atoms with van der Waals surface area (Å²) in [5.74, 6) is 4.02. The van der Waals surface area contributed by atoms with Crippen molar-refractivity contribution in [3.8, 4) is 45.6 Å². The van der Waals surface area contributed by atoms with Crippen LogP contribution < -0.4 is 28.4 Å². The van der Waals surface area contributed by atoms with Gasteiger partial charge in [-0.15, -0.1) is 0 Å². The van der Waals surface area contributed by atoms with Gasteiger partial charge in [0.2, 0.25) is 0 Å². The Balaban J connectivity index is 1.11. The summed E-state index contributed by atoms with van der Waals surface area (Å²) in [6.45, 7) is 7.78. The molecule has 0 unspecified atom stereocenters. The van der Waals surface area contributed by atoms with E-state index in [1.165, 1.54) is 0 Å². The third-order valence-corrected chi connectivity index (χ3v) is 13.0. The molecule has 1 aliphatic carbocycles. The van der Waals surface area contributed by atoms with Crippen molar-refractivity contribution in [2.24, 2.45) is 0 Å². The van der Waals surface area contributed by atoms with Gasteiger partial charge < -0.3 is 66.3 Å². The van der Waals surface area contributed by atoms with E-state index in [1.807, 2.05) is 60.7 Å². The van der Waals surface area contributed by atoms with Crippen LogP contribution in [0.25, 0.3) is 11.1 Å². The maximum absolute atomic E-state index is 6.49. The first-order valence-corrected chi connectivity index (χ1v) is 26.6. The molecule has 7 rings (SSSR count). The number of halogens is 2. The van der Waals surface area contributed by atoms with Gasteiger partial charge in [0.25, 0.3) is 0 Å². The Morgan fingerprint density at radius 2 is 0.613 bits per heavy atom. The van der Waals surface area contributed by atoms with Crippen LogP contribution in [-0.4, -0.2) is 134 Å². The van der Waals surface area contributed by atoms with Crippen LogP contribution in [0.1, 0.15) is 33.4 Å². The smallest absolute Gasteiger partial charge is 0.123 e. The Morgan fingerprint density at radius 1 is 0.307 bits per heavy atom. The molecule has 0 aromatic heterocycles. The molecule has 0 saturated carbocycles. The Kier molecular flexibility index (Phi) is 23.8. The number of benzene rings is 6. The molecule has 14 nitrogen and oxygen atoms in total. The molecule has 0 radical (unpaired) electrons. The minimum absolute atomic E-state index is 0.278. The van der Waals surface area contributed by atoms with Crippen molar-refractivity contribution in [2.75, 3.05) is 134 Å². The predicted octanol–water partition coefficient (Wildman–Crippen LogP) is 10.9. The molecule has 0 fully saturated rings. The van der Waals surface area contributed by atoms with Gasteiger partial charge in [-0.05, 0) is 117 Å². The van der Waals surface area contributed by atoms with Gasteiger partial charge in [0.15, 0.2) is 0 Å². The topological polar surface area (TPSA) is 129 Å². The molecule has 0 saturated heterocycles. The molecule has 0 heterocycles. The molecule has 0 spiro atoms. The maximum Gasteiger partial charge on any atom is 0.123 e. The SMILES string of the molecule is COCCOCCOc1cc(COc2ccc(C3(c4ccc(OCc5cc(OCCOCCOC)cc(OCCOCCOC)c5)cc4)c4cc(Br)ccc4-c4ccc(Br)cc43)cc2)cc(OCCOCCOC)c1. The highest BCUT2D eigenvalue weighted by atomic mass is 79.9. The van der Waals surface area contributed by atoms with Crippen LogP contribution in [0.4, 0.5) is 0 Å². The normalized spacial score (nSPS) is 12.3.